The number of thiazole rings is 1. The van der Waals surface area contributed by atoms with Gasteiger partial charge in [0.2, 0.25) is 47.3 Å². The summed E-state index contributed by atoms with van der Waals surface area (Å²) in [6, 6.07) is 17.4. The summed E-state index contributed by atoms with van der Waals surface area (Å²) in [6.07, 6.45) is 41.3. The Balaban J connectivity index is 0.000000263. The molecule has 4 aromatic rings. The molecule has 14 rings (SSSR count). The Morgan fingerprint density at radius 2 is 0.812 bits per heavy atom. The summed E-state index contributed by atoms with van der Waals surface area (Å²) < 4.78 is 14.9. The smallest absolute Gasteiger partial charge is 0.335 e. The maximum Gasteiger partial charge on any atom is 0.335 e. The molecule has 0 spiro atoms. The molecule has 2 aromatic carbocycles. The number of hydrogen-bond acceptors (Lipinski definition) is 17. The number of aliphatic carboxylic acids is 1. The third-order valence-corrected chi connectivity index (χ3v) is 30.2. The standard InChI is InChI=1S/C15H21NO2.C14H17NO3.C11H16N2OS.C11H15NO2.C10H19NO2.C10H19NO.2C9H17NO.C9H16O2.C8H14O2/c1-11-4-5-12(10-11)15(17)16(2)13-6-8-14(18-3)9-7-13;1-9-2-3-11(8-9)13(16)15-12-6-4-10(5-7-12)14(17)18;1-8-3-4-9(7-8)10(14)13(2)11-12-5-6-15-11;1-8-4-5-9(7-8)11(13)12-10-3-2-6-14-10;1-8-4-6-9(7-5-8)10(12)11(2)13-3;1-8-4-6-9(7-5-8)10(12)11(2)3;1-7-3-5-8(6-4-7)9(11)10-2;1-6-3-4-8(9(10)11)7(2)5-6;1-7-3-5-8(6-4-7)9(10)11-2;1-6-2-4-7(5-3-6)8(9)10/h6-9,11-12H,4-5,10H2,1-3H3;4-7,9,11H,2-3,8H2,1H3,(H,15,16)(H,17,18);5-6,8-9H,3-4,7H2,1-2H3;2-3,6,8-9H,4-5,7H2,1H3,(H,12,13);8-9H,4-7H2,1-3H3;8-9H,4-7H2,1-3H3;7-8H,3-6H2,1-2H3,(H,10,11);6-8H,3-5H2,1-2H3,(H2,10,11);7-8H,3-6H2,1-2H3;6-7H,2-5H2,1H3,(H,9,10)/t11-,12?;9-,11?;2*8-,9?;;;;6-,7?,8?;;/m0000...1../s1. The van der Waals surface area contributed by atoms with E-state index in [-0.39, 0.29) is 100 Å². The zero-order valence-electron chi connectivity index (χ0n) is 84.6. The fourth-order valence-corrected chi connectivity index (χ4v) is 20.5. The van der Waals surface area contributed by atoms with Gasteiger partial charge < -0.3 is 50.3 Å². The first kappa shape index (κ1) is 115. The summed E-state index contributed by atoms with van der Waals surface area (Å²) in [6.45, 7) is 24.4. The number of methoxy groups -OCH3 is 2. The van der Waals surface area contributed by atoms with Gasteiger partial charge in [-0.05, 0) is 344 Å². The van der Waals surface area contributed by atoms with Crippen molar-refractivity contribution in [3.05, 3.63) is 84.1 Å². The van der Waals surface area contributed by atoms with Crippen molar-refractivity contribution in [1.29, 1.82) is 0 Å². The molecule has 748 valence electrons. The number of rotatable bonds is 17. The molecule has 10 aliphatic carbocycles. The predicted molar refractivity (Wildman–Crippen MR) is 530 cm³/mol. The van der Waals surface area contributed by atoms with Gasteiger partial charge >= 0.3 is 17.9 Å². The molecule has 6 unspecified atom stereocenters. The Labute approximate surface area is 801 Å². The van der Waals surface area contributed by atoms with E-state index in [0.717, 1.165) is 213 Å². The minimum Gasteiger partial charge on any atom is -0.497 e. The number of aromatic nitrogens is 1. The van der Waals surface area contributed by atoms with Gasteiger partial charge in [-0.15, -0.1) is 11.3 Å². The topological polar surface area (TPSA) is 357 Å². The lowest BCUT2D eigenvalue weighted by Gasteiger charge is -2.30. The third-order valence-electron chi connectivity index (χ3n) is 29.3. The predicted octanol–water partition coefficient (Wildman–Crippen LogP) is 21.8. The SMILES string of the molecule is CC1CCC(C(=O)N(C)C)CC1.CC1CCC(C(=O)O)CC1.CC1C[C@H](C)CCC1C(N)=O.CNC(=O)C1CCC(C)CC1.COC(=O)C1CCC(C)CC1.CON(C)C(=O)C1CCC(C)CC1.COc1ccc(N(C)C(=O)C2CC[C@H](C)C2)cc1.C[C@H]1CCC(C(=O)N(C)c2nccs2)C1.C[C@H]1CCC(C(=O)Nc2ccc(C(=O)O)cc2)C1.C[C@H]1CCC(C(=O)Nc2ccco2)C1. The molecule has 2 heterocycles. The fourth-order valence-electron chi connectivity index (χ4n) is 19.9. The van der Waals surface area contributed by atoms with E-state index >= 15 is 0 Å². The van der Waals surface area contributed by atoms with Crippen molar-refractivity contribution in [2.75, 3.05) is 84.0 Å². The lowest BCUT2D eigenvalue weighted by Crippen LogP contribution is -2.33. The largest absolute Gasteiger partial charge is 0.497 e. The molecule has 0 bridgehead atoms. The number of carbonyl (C=O) groups is 11. The normalized spacial score (nSPS) is 28.2. The van der Waals surface area contributed by atoms with Gasteiger partial charge in [0.1, 0.15) is 5.75 Å². The number of hydrogen-bond donors (Lipinski definition) is 6. The highest BCUT2D eigenvalue weighted by Gasteiger charge is 2.36. The Kier molecular flexibility index (Phi) is 52.4. The molecule has 133 heavy (non-hydrogen) atoms. The number of anilines is 4. The van der Waals surface area contributed by atoms with Crippen LogP contribution in [0.5, 0.6) is 5.75 Å². The monoisotopic (exact) mass is 1870 g/mol. The Hall–Kier alpha value is -8.72. The van der Waals surface area contributed by atoms with Crippen molar-refractivity contribution < 1.29 is 81.7 Å². The summed E-state index contributed by atoms with van der Waals surface area (Å²) in [5, 5.41) is 29.8. The molecule has 7 N–H and O–H groups in total. The number of hydroxylamine groups is 2. The van der Waals surface area contributed by atoms with Crippen LogP contribution in [0.1, 0.15) is 311 Å². The zero-order chi connectivity index (χ0) is 98.6. The maximum atomic E-state index is 12.3. The number of ether oxygens (including phenoxy) is 2. The summed E-state index contributed by atoms with van der Waals surface area (Å²) in [4.78, 5) is 140. The van der Waals surface area contributed by atoms with Crippen molar-refractivity contribution in [3.8, 4) is 5.75 Å². The highest BCUT2D eigenvalue weighted by molar-refractivity contribution is 7.13. The van der Waals surface area contributed by atoms with Crippen molar-refractivity contribution in [2.24, 2.45) is 130 Å². The van der Waals surface area contributed by atoms with Gasteiger partial charge in [0, 0.05) is 119 Å². The van der Waals surface area contributed by atoms with Crippen LogP contribution in [0.2, 0.25) is 0 Å². The Bertz CT molecular complexity index is 4020. The number of amides is 8. The van der Waals surface area contributed by atoms with Crippen molar-refractivity contribution in [1.82, 2.24) is 20.3 Å². The van der Waals surface area contributed by atoms with E-state index < -0.39 is 11.9 Å². The van der Waals surface area contributed by atoms with Crippen LogP contribution in [0.4, 0.5) is 22.4 Å². The van der Waals surface area contributed by atoms with Gasteiger partial charge in [0.25, 0.3) is 0 Å². The first-order chi connectivity index (χ1) is 63.1. The number of nitrogens with zero attached hydrogens (tertiary/aromatic N) is 5. The molecule has 0 saturated heterocycles. The van der Waals surface area contributed by atoms with Crippen molar-refractivity contribution in [2.45, 2.75) is 301 Å². The van der Waals surface area contributed by atoms with Crippen LogP contribution in [0.3, 0.4) is 0 Å². The number of furan rings is 1. The van der Waals surface area contributed by atoms with Gasteiger partial charge in [-0.1, -0.05) is 76.2 Å². The third kappa shape index (κ3) is 41.8. The van der Waals surface area contributed by atoms with Gasteiger partial charge in [-0.25, -0.2) is 14.8 Å². The van der Waals surface area contributed by atoms with E-state index in [1.807, 2.05) is 57.8 Å². The second kappa shape index (κ2) is 60.7. The van der Waals surface area contributed by atoms with Crippen LogP contribution in [0.25, 0.3) is 0 Å². The van der Waals surface area contributed by atoms with Crippen LogP contribution >= 0.6 is 11.3 Å². The highest BCUT2D eigenvalue weighted by Crippen LogP contribution is 2.39. The number of carbonyl (C=O) groups excluding carboxylic acids is 9. The lowest BCUT2D eigenvalue weighted by molar-refractivity contribution is -0.174. The second-order valence-electron chi connectivity index (χ2n) is 41.0. The van der Waals surface area contributed by atoms with E-state index in [4.69, 9.17) is 29.9 Å². The van der Waals surface area contributed by atoms with Crippen LogP contribution in [0.15, 0.2) is 82.9 Å². The highest BCUT2D eigenvalue weighted by atomic mass is 32.1. The first-order valence-electron chi connectivity index (χ1n) is 50.1. The molecule has 27 heteroatoms. The van der Waals surface area contributed by atoms with Gasteiger partial charge in [-0.3, -0.25) is 63.0 Å². The van der Waals surface area contributed by atoms with E-state index in [0.29, 0.717) is 58.9 Å². The number of primary amides is 1. The number of aromatic carboxylic acids is 1. The molecule has 10 fully saturated rings. The molecule has 26 nitrogen and oxygen atoms in total. The minimum absolute atomic E-state index is 0.0168. The van der Waals surface area contributed by atoms with Crippen LogP contribution in [-0.2, 0) is 57.5 Å². The number of nitrogens with two attached hydrogens (primary N) is 1. The molecular weight excluding hydrogens is 1700 g/mol. The number of benzene rings is 2. The van der Waals surface area contributed by atoms with Gasteiger partial charge in [-0.2, -0.15) is 0 Å². The summed E-state index contributed by atoms with van der Waals surface area (Å²) in [5.74, 6) is 10.7. The summed E-state index contributed by atoms with van der Waals surface area (Å²) in [7, 11) is 15.4. The van der Waals surface area contributed by atoms with E-state index in [1.165, 1.54) is 107 Å². The van der Waals surface area contributed by atoms with Crippen LogP contribution in [0, 0.1) is 124 Å². The minimum atomic E-state index is -0.961. The Morgan fingerprint density at radius 3 is 1.17 bits per heavy atom. The number of carboxylic acids is 2. The molecular formula is C106H171N9O17S. The van der Waals surface area contributed by atoms with Gasteiger partial charge in [0.15, 0.2) is 11.0 Å². The Morgan fingerprint density at radius 1 is 0.421 bits per heavy atom. The molecule has 11 atom stereocenters. The molecule has 0 aliphatic heterocycles. The van der Waals surface area contributed by atoms with E-state index in [9.17, 15) is 52.7 Å². The molecule has 0 radical (unpaired) electrons. The maximum absolute atomic E-state index is 12.3. The van der Waals surface area contributed by atoms with Gasteiger partial charge in [0.05, 0.1) is 45.0 Å². The first-order valence-corrected chi connectivity index (χ1v) is 50.9. The lowest BCUT2D eigenvalue weighted by atomic mass is 9.75. The van der Waals surface area contributed by atoms with Crippen molar-refractivity contribution >= 4 is 98.9 Å². The summed E-state index contributed by atoms with van der Waals surface area (Å²) in [5.41, 5.74) is 7.08. The number of esters is 1. The van der Waals surface area contributed by atoms with Crippen LogP contribution < -0.4 is 36.2 Å². The number of nitrogens with one attached hydrogen (secondary N) is 3. The average Bonchev–Trinajstić information content (AvgIpc) is 1.81. The quantitative estimate of drug-likeness (QED) is 0.0422. The van der Waals surface area contributed by atoms with Crippen molar-refractivity contribution in [3.63, 3.8) is 0 Å². The molecule has 10 aliphatic rings. The molecule has 2 aromatic heterocycles. The number of carboxylic acid groups (broad SMARTS) is 2. The van der Waals surface area contributed by atoms with E-state index in [1.54, 1.807) is 72.6 Å². The fraction of sp³-hybridized carbons (Fsp3) is 0.717. The summed E-state index contributed by atoms with van der Waals surface area (Å²) >= 11 is 1.51. The molecule has 8 amide bonds. The average molecular weight is 1880 g/mol. The van der Waals surface area contributed by atoms with Crippen LogP contribution in [-0.4, -0.2) is 154 Å². The zero-order valence-corrected chi connectivity index (χ0v) is 85.4. The van der Waals surface area contributed by atoms with E-state index in [2.05, 4.69) is 102 Å². The molecule has 10 saturated carbocycles. The second-order valence-corrected chi connectivity index (χ2v) is 41.9.